The Bertz CT molecular complexity index is 619. The molecule has 4 nitrogen and oxygen atoms in total. The van der Waals surface area contributed by atoms with E-state index >= 15 is 0 Å². The number of hydrogen-bond donors (Lipinski definition) is 1. The van der Waals surface area contributed by atoms with Crippen molar-refractivity contribution in [1.29, 1.82) is 0 Å². The van der Waals surface area contributed by atoms with E-state index in [1.807, 2.05) is 4.57 Å². The Labute approximate surface area is 103 Å². The lowest BCUT2D eigenvalue weighted by atomic mass is 10.1. The lowest BCUT2D eigenvalue weighted by Gasteiger charge is -2.05. The second kappa shape index (κ2) is 3.94. The van der Waals surface area contributed by atoms with Crippen molar-refractivity contribution in [2.75, 3.05) is 0 Å². The number of nitrogens with zero attached hydrogens (tertiary/aromatic N) is 2. The van der Waals surface area contributed by atoms with Gasteiger partial charge in [-0.15, -0.1) is 0 Å². The second-order valence-corrected chi connectivity index (χ2v) is 4.35. The van der Waals surface area contributed by atoms with Crippen molar-refractivity contribution in [3.8, 4) is 11.3 Å². The average molecular weight is 245 g/mol. The van der Waals surface area contributed by atoms with Crippen molar-refractivity contribution in [3.05, 3.63) is 41.6 Å². The van der Waals surface area contributed by atoms with Gasteiger partial charge < -0.3 is 10.3 Å². The van der Waals surface area contributed by atoms with Gasteiger partial charge in [-0.25, -0.2) is 4.39 Å². The van der Waals surface area contributed by atoms with E-state index in [2.05, 4.69) is 4.98 Å². The summed E-state index contributed by atoms with van der Waals surface area (Å²) >= 11 is 0. The average Bonchev–Trinajstić information content (AvgIpc) is 2.88. The molecule has 0 saturated heterocycles. The number of aromatic nitrogens is 2. The van der Waals surface area contributed by atoms with Gasteiger partial charge in [0, 0.05) is 30.2 Å². The maximum Gasteiger partial charge on any atom is 0.253 e. The summed E-state index contributed by atoms with van der Waals surface area (Å²) in [7, 11) is 0. The number of nitrogens with two attached hydrogens (primary N) is 1. The van der Waals surface area contributed by atoms with Gasteiger partial charge in [0.25, 0.3) is 5.91 Å². The first-order valence-electron chi connectivity index (χ1n) is 5.81. The van der Waals surface area contributed by atoms with Crippen LogP contribution in [0.15, 0.2) is 24.5 Å². The molecule has 0 atom stereocenters. The normalized spacial score (nSPS) is 13.6. The summed E-state index contributed by atoms with van der Waals surface area (Å²) in [6.45, 7) is 0.712. The highest BCUT2D eigenvalue weighted by Gasteiger charge is 2.29. The van der Waals surface area contributed by atoms with Gasteiger partial charge in [0.1, 0.15) is 0 Å². The SMILES string of the molecule is NC(=O)c1c(F)c(-c2cccnc2)n2c1CCC2. The Balaban J connectivity index is 2.28. The highest BCUT2D eigenvalue weighted by Crippen LogP contribution is 2.34. The lowest BCUT2D eigenvalue weighted by molar-refractivity contribution is 0.0996. The fourth-order valence-electron chi connectivity index (χ4n) is 2.58. The molecule has 2 N–H and O–H groups in total. The van der Waals surface area contributed by atoms with Crippen LogP contribution in [-0.4, -0.2) is 15.5 Å². The van der Waals surface area contributed by atoms with Gasteiger partial charge in [-0.2, -0.15) is 0 Å². The number of halogens is 1. The molecule has 0 spiro atoms. The zero-order valence-corrected chi connectivity index (χ0v) is 9.69. The minimum Gasteiger partial charge on any atom is -0.365 e. The van der Waals surface area contributed by atoms with Crippen molar-refractivity contribution in [3.63, 3.8) is 0 Å². The number of hydrogen-bond acceptors (Lipinski definition) is 2. The van der Waals surface area contributed by atoms with Crippen LogP contribution in [0.4, 0.5) is 4.39 Å². The number of carbonyl (C=O) groups excluding carboxylic acids is 1. The van der Waals surface area contributed by atoms with Crippen LogP contribution in [-0.2, 0) is 13.0 Å². The van der Waals surface area contributed by atoms with E-state index in [0.29, 0.717) is 29.9 Å². The molecule has 0 fully saturated rings. The number of primary amides is 1. The molecule has 1 aliphatic rings. The number of rotatable bonds is 2. The second-order valence-electron chi connectivity index (χ2n) is 4.35. The highest BCUT2D eigenvalue weighted by atomic mass is 19.1. The van der Waals surface area contributed by atoms with Crippen LogP contribution in [0.3, 0.4) is 0 Å². The molecule has 2 aromatic heterocycles. The van der Waals surface area contributed by atoms with E-state index in [1.54, 1.807) is 24.5 Å². The molecule has 5 heteroatoms. The summed E-state index contributed by atoms with van der Waals surface area (Å²) in [5, 5.41) is 0. The van der Waals surface area contributed by atoms with Crippen molar-refractivity contribution in [2.45, 2.75) is 19.4 Å². The lowest BCUT2D eigenvalue weighted by Crippen LogP contribution is -2.14. The smallest absolute Gasteiger partial charge is 0.253 e. The Morgan fingerprint density at radius 2 is 2.33 bits per heavy atom. The van der Waals surface area contributed by atoms with Gasteiger partial charge in [-0.05, 0) is 25.0 Å². The zero-order chi connectivity index (χ0) is 12.7. The topological polar surface area (TPSA) is 60.9 Å². The van der Waals surface area contributed by atoms with Gasteiger partial charge in [0.2, 0.25) is 0 Å². The Hall–Kier alpha value is -2.17. The van der Waals surface area contributed by atoms with Crippen LogP contribution in [0, 0.1) is 5.82 Å². The minimum atomic E-state index is -0.701. The third kappa shape index (κ3) is 1.44. The first kappa shape index (κ1) is 11.0. The van der Waals surface area contributed by atoms with E-state index in [4.69, 9.17) is 5.73 Å². The van der Waals surface area contributed by atoms with Crippen molar-refractivity contribution in [2.24, 2.45) is 5.73 Å². The summed E-state index contributed by atoms with van der Waals surface area (Å²) in [6, 6.07) is 3.52. The van der Waals surface area contributed by atoms with Crippen LogP contribution in [0.2, 0.25) is 0 Å². The number of carbonyl (C=O) groups is 1. The molecule has 2 aromatic rings. The van der Waals surface area contributed by atoms with E-state index in [9.17, 15) is 9.18 Å². The summed E-state index contributed by atoms with van der Waals surface area (Å²) in [5.74, 6) is -1.22. The van der Waals surface area contributed by atoms with Gasteiger partial charge in [0.05, 0.1) is 11.3 Å². The molecular formula is C13H12FN3O. The van der Waals surface area contributed by atoms with Crippen LogP contribution < -0.4 is 5.73 Å². The van der Waals surface area contributed by atoms with Gasteiger partial charge in [-0.1, -0.05) is 0 Å². The maximum atomic E-state index is 14.4. The predicted octanol–water partition coefficient (Wildman–Crippen LogP) is 1.73. The molecule has 1 aliphatic heterocycles. The predicted molar refractivity (Wildman–Crippen MR) is 64.5 cm³/mol. The third-order valence-corrected chi connectivity index (χ3v) is 3.29. The fraction of sp³-hybridized carbons (Fsp3) is 0.231. The molecule has 1 amide bonds. The Morgan fingerprint density at radius 3 is 3.00 bits per heavy atom. The monoisotopic (exact) mass is 245 g/mol. The summed E-state index contributed by atoms with van der Waals surface area (Å²) < 4.78 is 16.2. The molecular weight excluding hydrogens is 233 g/mol. The largest absolute Gasteiger partial charge is 0.365 e. The van der Waals surface area contributed by atoms with Gasteiger partial charge in [0.15, 0.2) is 5.82 Å². The third-order valence-electron chi connectivity index (χ3n) is 3.29. The molecule has 3 rings (SSSR count). The fourth-order valence-corrected chi connectivity index (χ4v) is 2.58. The quantitative estimate of drug-likeness (QED) is 0.875. The van der Waals surface area contributed by atoms with Crippen molar-refractivity contribution in [1.82, 2.24) is 9.55 Å². The van der Waals surface area contributed by atoms with E-state index in [-0.39, 0.29) is 5.56 Å². The van der Waals surface area contributed by atoms with Gasteiger partial charge in [-0.3, -0.25) is 9.78 Å². The number of pyridine rings is 1. The number of amides is 1. The van der Waals surface area contributed by atoms with Gasteiger partial charge >= 0.3 is 0 Å². The molecule has 18 heavy (non-hydrogen) atoms. The number of fused-ring (bicyclic) bond motifs is 1. The standard InChI is InChI=1S/C13H12FN3O/c14-11-10(13(15)18)9-4-2-6-17(9)12(11)8-3-1-5-16-7-8/h1,3,5,7H,2,4,6H2,(H2,15,18). The molecule has 0 radical (unpaired) electrons. The van der Waals surface area contributed by atoms with E-state index in [1.165, 1.54) is 0 Å². The Morgan fingerprint density at radius 1 is 1.50 bits per heavy atom. The van der Waals surface area contributed by atoms with Crippen LogP contribution in [0.25, 0.3) is 11.3 Å². The summed E-state index contributed by atoms with van der Waals surface area (Å²) in [6.07, 6.45) is 4.82. The Kier molecular flexibility index (Phi) is 2.40. The molecule has 0 aliphatic carbocycles. The van der Waals surface area contributed by atoms with Crippen LogP contribution in [0.5, 0.6) is 0 Å². The molecule has 0 saturated carbocycles. The summed E-state index contributed by atoms with van der Waals surface area (Å²) in [4.78, 5) is 15.4. The van der Waals surface area contributed by atoms with Crippen LogP contribution >= 0.6 is 0 Å². The van der Waals surface area contributed by atoms with E-state index in [0.717, 1.165) is 6.42 Å². The molecule has 0 bridgehead atoms. The van der Waals surface area contributed by atoms with E-state index < -0.39 is 11.7 Å². The first-order chi connectivity index (χ1) is 8.70. The maximum absolute atomic E-state index is 14.4. The molecule has 0 unspecified atom stereocenters. The summed E-state index contributed by atoms with van der Waals surface area (Å²) in [5.41, 5.74) is 7.10. The minimum absolute atomic E-state index is 0.0337. The van der Waals surface area contributed by atoms with Crippen molar-refractivity contribution < 1.29 is 9.18 Å². The van der Waals surface area contributed by atoms with Crippen molar-refractivity contribution >= 4 is 5.91 Å². The first-order valence-corrected chi connectivity index (χ1v) is 5.81. The van der Waals surface area contributed by atoms with Crippen LogP contribution in [0.1, 0.15) is 22.5 Å². The zero-order valence-electron chi connectivity index (χ0n) is 9.69. The molecule has 0 aromatic carbocycles. The molecule has 3 heterocycles. The highest BCUT2D eigenvalue weighted by molar-refractivity contribution is 5.96. The molecule has 92 valence electrons.